The van der Waals surface area contributed by atoms with Gasteiger partial charge in [-0.1, -0.05) is 0 Å². The molecule has 0 amide bonds. The predicted octanol–water partition coefficient (Wildman–Crippen LogP) is 4.38. The molecule has 20 heavy (non-hydrogen) atoms. The van der Waals surface area contributed by atoms with Crippen LogP contribution in [0.15, 0.2) is 34.9 Å². The Morgan fingerprint density at radius 3 is 2.45 bits per heavy atom. The number of hydrogen-bond donors (Lipinski definition) is 1. The molecule has 0 radical (unpaired) electrons. The lowest BCUT2D eigenvalue weighted by atomic mass is 10.3. The van der Waals surface area contributed by atoms with Crippen molar-refractivity contribution in [1.82, 2.24) is 4.98 Å². The maximum Gasteiger partial charge on any atom is 0.433 e. The highest BCUT2D eigenvalue weighted by Crippen LogP contribution is 2.36. The average molecular weight is 351 g/mol. The summed E-state index contributed by atoms with van der Waals surface area (Å²) in [7, 11) is 0. The van der Waals surface area contributed by atoms with Crippen LogP contribution in [0.25, 0.3) is 0 Å². The molecular formula is C12H7BrF4N2O. The van der Waals surface area contributed by atoms with E-state index >= 15 is 0 Å². The first-order valence-electron chi connectivity index (χ1n) is 5.23. The van der Waals surface area contributed by atoms with Crippen molar-refractivity contribution in [2.45, 2.75) is 6.18 Å². The molecule has 0 aliphatic rings. The summed E-state index contributed by atoms with van der Waals surface area (Å²) in [6, 6.07) is 4.19. The molecule has 3 nitrogen and oxygen atoms in total. The van der Waals surface area contributed by atoms with Crippen LogP contribution in [0.5, 0.6) is 11.5 Å². The molecular weight excluding hydrogens is 344 g/mol. The SMILES string of the molecule is Nc1cnc(C(F)(F)F)cc1Oc1ccc(F)cc1Br. The molecule has 0 bridgehead atoms. The van der Waals surface area contributed by atoms with Gasteiger partial charge in [-0.05, 0) is 34.1 Å². The van der Waals surface area contributed by atoms with Crippen molar-refractivity contribution in [3.05, 3.63) is 46.4 Å². The Morgan fingerprint density at radius 2 is 1.85 bits per heavy atom. The second-order valence-electron chi connectivity index (χ2n) is 3.78. The van der Waals surface area contributed by atoms with E-state index in [1.54, 1.807) is 0 Å². The first-order valence-corrected chi connectivity index (χ1v) is 6.02. The van der Waals surface area contributed by atoms with Gasteiger partial charge in [0.05, 0.1) is 16.4 Å². The molecule has 0 unspecified atom stereocenters. The van der Waals surface area contributed by atoms with Gasteiger partial charge in [-0.15, -0.1) is 0 Å². The number of rotatable bonds is 2. The largest absolute Gasteiger partial charge is 0.454 e. The van der Waals surface area contributed by atoms with Crippen LogP contribution < -0.4 is 10.5 Å². The van der Waals surface area contributed by atoms with E-state index in [-0.39, 0.29) is 21.7 Å². The highest BCUT2D eigenvalue weighted by molar-refractivity contribution is 9.10. The molecule has 1 aromatic heterocycles. The highest BCUT2D eigenvalue weighted by atomic mass is 79.9. The molecule has 106 valence electrons. The zero-order valence-electron chi connectivity index (χ0n) is 9.71. The van der Waals surface area contributed by atoms with Gasteiger partial charge >= 0.3 is 6.18 Å². The monoisotopic (exact) mass is 350 g/mol. The van der Waals surface area contributed by atoms with Crippen molar-refractivity contribution in [2.24, 2.45) is 0 Å². The Kier molecular flexibility index (Phi) is 3.85. The zero-order valence-corrected chi connectivity index (χ0v) is 11.3. The molecule has 2 rings (SSSR count). The normalized spacial score (nSPS) is 11.4. The van der Waals surface area contributed by atoms with Crippen LogP contribution in [-0.4, -0.2) is 4.98 Å². The van der Waals surface area contributed by atoms with Gasteiger partial charge in [-0.3, -0.25) is 0 Å². The van der Waals surface area contributed by atoms with Gasteiger partial charge in [0.2, 0.25) is 0 Å². The van der Waals surface area contributed by atoms with Crippen LogP contribution in [0.4, 0.5) is 23.2 Å². The summed E-state index contributed by atoms with van der Waals surface area (Å²) in [6.45, 7) is 0. The van der Waals surface area contributed by atoms with Crippen LogP contribution in [0.1, 0.15) is 5.69 Å². The fraction of sp³-hybridized carbons (Fsp3) is 0.0833. The van der Waals surface area contributed by atoms with Crippen LogP contribution in [0, 0.1) is 5.82 Å². The average Bonchev–Trinajstić information content (AvgIpc) is 2.33. The van der Waals surface area contributed by atoms with E-state index in [0.29, 0.717) is 6.07 Å². The van der Waals surface area contributed by atoms with Crippen molar-refractivity contribution >= 4 is 21.6 Å². The number of anilines is 1. The van der Waals surface area contributed by atoms with Crippen molar-refractivity contribution in [3.63, 3.8) is 0 Å². The smallest absolute Gasteiger partial charge is 0.433 e. The lowest BCUT2D eigenvalue weighted by Crippen LogP contribution is -2.08. The third-order valence-electron chi connectivity index (χ3n) is 2.30. The van der Waals surface area contributed by atoms with Crippen LogP contribution >= 0.6 is 15.9 Å². The molecule has 0 spiro atoms. The molecule has 1 aromatic carbocycles. The van der Waals surface area contributed by atoms with Crippen LogP contribution in [0.2, 0.25) is 0 Å². The standard InChI is InChI=1S/C12H7BrF4N2O/c13-7-3-6(14)1-2-9(7)20-10-4-11(12(15,16)17)19-5-8(10)18/h1-5H,18H2. The summed E-state index contributed by atoms with van der Waals surface area (Å²) in [4.78, 5) is 3.19. The Morgan fingerprint density at radius 1 is 1.15 bits per heavy atom. The molecule has 0 aliphatic heterocycles. The van der Waals surface area contributed by atoms with E-state index in [1.165, 1.54) is 6.07 Å². The molecule has 1 heterocycles. The lowest BCUT2D eigenvalue weighted by molar-refractivity contribution is -0.141. The molecule has 0 aliphatic carbocycles. The van der Waals surface area contributed by atoms with E-state index in [1.807, 2.05) is 0 Å². The van der Waals surface area contributed by atoms with Gasteiger partial charge in [-0.25, -0.2) is 9.37 Å². The third-order valence-corrected chi connectivity index (χ3v) is 2.92. The second-order valence-corrected chi connectivity index (χ2v) is 4.64. The Hall–Kier alpha value is -1.83. The number of nitrogens with zero attached hydrogens (tertiary/aromatic N) is 1. The van der Waals surface area contributed by atoms with E-state index in [0.717, 1.165) is 18.3 Å². The summed E-state index contributed by atoms with van der Waals surface area (Å²) in [5.74, 6) is -0.583. The van der Waals surface area contributed by atoms with Crippen molar-refractivity contribution in [2.75, 3.05) is 5.73 Å². The highest BCUT2D eigenvalue weighted by Gasteiger charge is 2.33. The summed E-state index contributed by atoms with van der Waals surface area (Å²) < 4.78 is 56.1. The van der Waals surface area contributed by atoms with E-state index < -0.39 is 17.7 Å². The lowest BCUT2D eigenvalue weighted by Gasteiger charge is -2.12. The second kappa shape index (κ2) is 5.28. The number of benzene rings is 1. The van der Waals surface area contributed by atoms with E-state index in [4.69, 9.17) is 10.5 Å². The van der Waals surface area contributed by atoms with Crippen molar-refractivity contribution in [1.29, 1.82) is 0 Å². The van der Waals surface area contributed by atoms with Gasteiger partial charge in [0.15, 0.2) is 5.75 Å². The van der Waals surface area contributed by atoms with E-state index in [9.17, 15) is 17.6 Å². The number of alkyl halides is 3. The Balaban J connectivity index is 2.38. The minimum Gasteiger partial charge on any atom is -0.454 e. The van der Waals surface area contributed by atoms with Crippen molar-refractivity contribution in [3.8, 4) is 11.5 Å². The van der Waals surface area contributed by atoms with Gasteiger partial charge < -0.3 is 10.5 Å². The third kappa shape index (κ3) is 3.19. The zero-order chi connectivity index (χ0) is 14.9. The number of ether oxygens (including phenoxy) is 1. The predicted molar refractivity (Wildman–Crippen MR) is 67.8 cm³/mol. The summed E-state index contributed by atoms with van der Waals surface area (Å²) in [5.41, 5.74) is 4.33. The Bertz CT molecular complexity index is 646. The number of nitrogens with two attached hydrogens (primary N) is 1. The molecule has 0 atom stereocenters. The molecule has 8 heteroatoms. The number of pyridine rings is 1. The molecule has 0 fully saturated rings. The number of halogens is 5. The van der Waals surface area contributed by atoms with E-state index in [2.05, 4.69) is 20.9 Å². The van der Waals surface area contributed by atoms with Crippen LogP contribution in [0.3, 0.4) is 0 Å². The topological polar surface area (TPSA) is 48.1 Å². The first-order chi connectivity index (χ1) is 9.27. The number of aromatic nitrogens is 1. The summed E-state index contributed by atoms with van der Waals surface area (Å²) in [6.07, 6.45) is -3.75. The fourth-order valence-corrected chi connectivity index (χ4v) is 1.80. The van der Waals surface area contributed by atoms with Gasteiger partial charge in [0.1, 0.15) is 17.3 Å². The Labute approximate surface area is 119 Å². The maximum atomic E-state index is 12.9. The number of hydrogen-bond acceptors (Lipinski definition) is 3. The first kappa shape index (κ1) is 14.6. The maximum absolute atomic E-state index is 12.9. The molecule has 0 saturated carbocycles. The minimum absolute atomic E-state index is 0.0609. The van der Waals surface area contributed by atoms with Gasteiger partial charge in [0, 0.05) is 6.07 Å². The molecule has 0 saturated heterocycles. The number of nitrogen functional groups attached to an aromatic ring is 1. The quantitative estimate of drug-likeness (QED) is 0.817. The fourth-order valence-electron chi connectivity index (χ4n) is 1.37. The van der Waals surface area contributed by atoms with Gasteiger partial charge in [0.25, 0.3) is 0 Å². The summed E-state index contributed by atoms with van der Waals surface area (Å²) in [5, 5.41) is 0. The van der Waals surface area contributed by atoms with Crippen molar-refractivity contribution < 1.29 is 22.3 Å². The molecule has 2 aromatic rings. The van der Waals surface area contributed by atoms with Crippen LogP contribution in [-0.2, 0) is 6.18 Å². The van der Waals surface area contributed by atoms with Gasteiger partial charge in [-0.2, -0.15) is 13.2 Å². The minimum atomic E-state index is -4.61. The summed E-state index contributed by atoms with van der Waals surface area (Å²) >= 11 is 3.04. The molecule has 2 N–H and O–H groups in total.